The van der Waals surface area contributed by atoms with Crippen LogP contribution in [0.15, 0.2) is 22.7 Å². The van der Waals surface area contributed by atoms with Crippen LogP contribution < -0.4 is 4.74 Å². The molecular weight excluding hydrogens is 320 g/mol. The number of aryl methyl sites for hydroxylation is 1. The van der Waals surface area contributed by atoms with Crippen molar-refractivity contribution in [3.8, 4) is 5.75 Å². The van der Waals surface area contributed by atoms with Gasteiger partial charge in [-0.25, -0.2) is 0 Å². The number of ether oxygens (including phenoxy) is 1. The van der Waals surface area contributed by atoms with Crippen molar-refractivity contribution in [2.75, 3.05) is 7.11 Å². The highest BCUT2D eigenvalue weighted by Gasteiger charge is 2.05. The molecule has 1 atom stereocenters. The molecule has 1 nitrogen and oxygen atoms in total. The third-order valence-corrected chi connectivity index (χ3v) is 4.30. The van der Waals surface area contributed by atoms with E-state index in [1.54, 1.807) is 7.11 Å². The summed E-state index contributed by atoms with van der Waals surface area (Å²) in [7, 11) is 1.70. The summed E-state index contributed by atoms with van der Waals surface area (Å²) >= 11 is 7.21. The van der Waals surface area contributed by atoms with Gasteiger partial charge in [0.1, 0.15) is 5.75 Å². The zero-order valence-electron chi connectivity index (χ0n) is 9.09. The summed E-state index contributed by atoms with van der Waals surface area (Å²) in [5.41, 5.74) is 1.31. The highest BCUT2D eigenvalue weighted by atomic mass is 79.9. The molecule has 0 aromatic heterocycles. The number of methoxy groups -OCH3 is 1. The average molecular weight is 336 g/mol. The van der Waals surface area contributed by atoms with Gasteiger partial charge in [-0.15, -0.1) is 0 Å². The first kappa shape index (κ1) is 13.0. The SMILES string of the molecule is CCC(Br)CCc1cc(OC)ccc1Br. The maximum Gasteiger partial charge on any atom is 0.119 e. The summed E-state index contributed by atoms with van der Waals surface area (Å²) in [6, 6.07) is 6.11. The number of hydrogen-bond acceptors (Lipinski definition) is 1. The first-order valence-electron chi connectivity index (χ1n) is 5.13. The van der Waals surface area contributed by atoms with Crippen molar-refractivity contribution in [2.24, 2.45) is 0 Å². The summed E-state index contributed by atoms with van der Waals surface area (Å²) in [5, 5.41) is 0. The maximum absolute atomic E-state index is 5.21. The molecule has 15 heavy (non-hydrogen) atoms. The predicted molar refractivity (Wildman–Crippen MR) is 72.0 cm³/mol. The highest BCUT2D eigenvalue weighted by molar-refractivity contribution is 9.10. The lowest BCUT2D eigenvalue weighted by atomic mass is 10.1. The molecule has 0 aliphatic heterocycles. The number of halogens is 2. The molecule has 0 spiro atoms. The van der Waals surface area contributed by atoms with Crippen molar-refractivity contribution in [1.29, 1.82) is 0 Å². The molecule has 3 heteroatoms. The van der Waals surface area contributed by atoms with E-state index in [0.717, 1.165) is 18.6 Å². The van der Waals surface area contributed by atoms with Crippen molar-refractivity contribution < 1.29 is 4.74 Å². The summed E-state index contributed by atoms with van der Waals surface area (Å²) < 4.78 is 6.38. The molecule has 0 heterocycles. The minimum Gasteiger partial charge on any atom is -0.497 e. The van der Waals surface area contributed by atoms with Gasteiger partial charge in [0.15, 0.2) is 0 Å². The fourth-order valence-corrected chi connectivity index (χ4v) is 2.06. The van der Waals surface area contributed by atoms with Gasteiger partial charge in [0, 0.05) is 9.30 Å². The van der Waals surface area contributed by atoms with E-state index in [0.29, 0.717) is 4.83 Å². The van der Waals surface area contributed by atoms with Gasteiger partial charge in [-0.2, -0.15) is 0 Å². The van der Waals surface area contributed by atoms with E-state index in [4.69, 9.17) is 4.74 Å². The Morgan fingerprint density at radius 1 is 1.40 bits per heavy atom. The number of alkyl halides is 1. The Hall–Kier alpha value is -0.0200. The van der Waals surface area contributed by atoms with Crippen LogP contribution in [-0.4, -0.2) is 11.9 Å². The van der Waals surface area contributed by atoms with Crippen molar-refractivity contribution >= 4 is 31.9 Å². The molecule has 0 radical (unpaired) electrons. The van der Waals surface area contributed by atoms with Crippen LogP contribution in [0.5, 0.6) is 5.75 Å². The van der Waals surface area contributed by atoms with Gasteiger partial charge in [-0.1, -0.05) is 38.8 Å². The zero-order valence-corrected chi connectivity index (χ0v) is 12.3. The number of benzene rings is 1. The van der Waals surface area contributed by atoms with Gasteiger partial charge in [-0.05, 0) is 43.0 Å². The van der Waals surface area contributed by atoms with Gasteiger partial charge >= 0.3 is 0 Å². The molecule has 1 aromatic carbocycles. The van der Waals surface area contributed by atoms with Gasteiger partial charge in [0.25, 0.3) is 0 Å². The maximum atomic E-state index is 5.21. The molecule has 1 aromatic rings. The molecule has 0 aliphatic rings. The Morgan fingerprint density at radius 2 is 2.13 bits per heavy atom. The molecule has 1 unspecified atom stereocenters. The third kappa shape index (κ3) is 4.15. The fraction of sp³-hybridized carbons (Fsp3) is 0.500. The molecule has 84 valence electrons. The molecule has 0 saturated carbocycles. The summed E-state index contributed by atoms with van der Waals surface area (Å²) in [4.78, 5) is 0.607. The Bertz CT molecular complexity index is 312. The van der Waals surface area contributed by atoms with E-state index in [1.165, 1.54) is 16.5 Å². The molecule has 0 saturated heterocycles. The standard InChI is InChI=1S/C12H16Br2O/c1-3-10(13)5-4-9-8-11(15-2)6-7-12(9)14/h6-8,10H,3-5H2,1-2H3. The molecule has 0 bridgehead atoms. The fourth-order valence-electron chi connectivity index (χ4n) is 1.39. The van der Waals surface area contributed by atoms with Crippen LogP contribution in [0, 0.1) is 0 Å². The quantitative estimate of drug-likeness (QED) is 0.716. The largest absolute Gasteiger partial charge is 0.497 e. The Morgan fingerprint density at radius 3 is 2.73 bits per heavy atom. The van der Waals surface area contributed by atoms with E-state index in [1.807, 2.05) is 12.1 Å². The van der Waals surface area contributed by atoms with E-state index in [-0.39, 0.29) is 0 Å². The van der Waals surface area contributed by atoms with Crippen molar-refractivity contribution in [2.45, 2.75) is 31.0 Å². The Kier molecular flexibility index (Phi) is 5.69. The van der Waals surface area contributed by atoms with E-state index >= 15 is 0 Å². The highest BCUT2D eigenvalue weighted by Crippen LogP contribution is 2.25. The van der Waals surface area contributed by atoms with Crippen LogP contribution in [0.4, 0.5) is 0 Å². The normalized spacial score (nSPS) is 12.5. The average Bonchev–Trinajstić information content (AvgIpc) is 2.27. The first-order chi connectivity index (χ1) is 7.17. The van der Waals surface area contributed by atoms with E-state index in [2.05, 4.69) is 44.8 Å². The molecular formula is C12H16Br2O. The van der Waals surface area contributed by atoms with Crippen LogP contribution in [0.1, 0.15) is 25.3 Å². The summed E-state index contributed by atoms with van der Waals surface area (Å²) in [5.74, 6) is 0.927. The van der Waals surface area contributed by atoms with Crippen LogP contribution >= 0.6 is 31.9 Å². The number of hydrogen-bond donors (Lipinski definition) is 0. The smallest absolute Gasteiger partial charge is 0.119 e. The molecule has 0 N–H and O–H groups in total. The predicted octanol–water partition coefficient (Wildman–Crippen LogP) is 4.56. The van der Waals surface area contributed by atoms with Crippen molar-refractivity contribution in [1.82, 2.24) is 0 Å². The zero-order chi connectivity index (χ0) is 11.3. The second kappa shape index (κ2) is 6.54. The minimum atomic E-state index is 0.607. The third-order valence-electron chi connectivity index (χ3n) is 2.42. The molecule has 0 aliphatic carbocycles. The lowest BCUT2D eigenvalue weighted by Crippen LogP contribution is -1.99. The first-order valence-corrected chi connectivity index (χ1v) is 6.84. The Labute approximate surface area is 108 Å². The lowest BCUT2D eigenvalue weighted by Gasteiger charge is -2.09. The van der Waals surface area contributed by atoms with Crippen LogP contribution in [-0.2, 0) is 6.42 Å². The monoisotopic (exact) mass is 334 g/mol. The van der Waals surface area contributed by atoms with Gasteiger partial charge in [-0.3, -0.25) is 0 Å². The van der Waals surface area contributed by atoms with E-state index in [9.17, 15) is 0 Å². The Balaban J connectivity index is 2.66. The van der Waals surface area contributed by atoms with Crippen LogP contribution in [0.2, 0.25) is 0 Å². The summed E-state index contributed by atoms with van der Waals surface area (Å²) in [6.07, 6.45) is 3.39. The van der Waals surface area contributed by atoms with Crippen LogP contribution in [0.25, 0.3) is 0 Å². The van der Waals surface area contributed by atoms with Gasteiger partial charge < -0.3 is 4.74 Å². The van der Waals surface area contributed by atoms with Gasteiger partial charge in [0.2, 0.25) is 0 Å². The van der Waals surface area contributed by atoms with Crippen molar-refractivity contribution in [3.63, 3.8) is 0 Å². The molecule has 0 fully saturated rings. The number of rotatable bonds is 5. The topological polar surface area (TPSA) is 9.23 Å². The molecule has 0 amide bonds. The van der Waals surface area contributed by atoms with Gasteiger partial charge in [0.05, 0.1) is 7.11 Å². The second-order valence-corrected chi connectivity index (χ2v) is 5.65. The van der Waals surface area contributed by atoms with Crippen LogP contribution in [0.3, 0.4) is 0 Å². The minimum absolute atomic E-state index is 0.607. The van der Waals surface area contributed by atoms with E-state index < -0.39 is 0 Å². The summed E-state index contributed by atoms with van der Waals surface area (Å²) in [6.45, 7) is 2.19. The molecule has 1 rings (SSSR count). The van der Waals surface area contributed by atoms with Crippen molar-refractivity contribution in [3.05, 3.63) is 28.2 Å². The second-order valence-electron chi connectivity index (χ2n) is 3.50. The lowest BCUT2D eigenvalue weighted by molar-refractivity contribution is 0.414.